The second-order valence-electron chi connectivity index (χ2n) is 5.00. The van der Waals surface area contributed by atoms with E-state index in [1.165, 1.54) is 18.4 Å². The van der Waals surface area contributed by atoms with Crippen molar-refractivity contribution in [3.63, 3.8) is 0 Å². The fourth-order valence-corrected chi connectivity index (χ4v) is 3.27. The van der Waals surface area contributed by atoms with E-state index in [2.05, 4.69) is 28.8 Å². The predicted octanol–water partition coefficient (Wildman–Crippen LogP) is 1.93. The van der Waals surface area contributed by atoms with Gasteiger partial charge in [-0.3, -0.25) is 4.90 Å². The van der Waals surface area contributed by atoms with Crippen molar-refractivity contribution in [1.29, 1.82) is 0 Å². The molecule has 1 aliphatic carbocycles. The van der Waals surface area contributed by atoms with Gasteiger partial charge < -0.3 is 10.5 Å². The summed E-state index contributed by atoms with van der Waals surface area (Å²) in [5.41, 5.74) is 7.44. The van der Waals surface area contributed by atoms with Crippen molar-refractivity contribution < 1.29 is 4.74 Å². The Labute approximate surface area is 108 Å². The average Bonchev–Trinajstić information content (AvgIpc) is 3.05. The molecule has 1 aliphatic rings. The van der Waals surface area contributed by atoms with E-state index in [0.29, 0.717) is 12.5 Å². The molecule has 1 aromatic rings. The number of ether oxygens (including phenoxy) is 1. The lowest BCUT2D eigenvalue weighted by molar-refractivity contribution is 0.0105. The minimum atomic E-state index is 0.0245. The normalized spacial score (nSPS) is 19.5. The number of hydrogen-bond donors (Lipinski definition) is 1. The van der Waals surface area contributed by atoms with Crippen LogP contribution in [0, 0.1) is 5.92 Å². The Hall–Kier alpha value is -0.420. The molecule has 3 nitrogen and oxygen atoms in total. The Morgan fingerprint density at radius 2 is 2.35 bits per heavy atom. The zero-order chi connectivity index (χ0) is 12.3. The largest absolute Gasteiger partial charge is 0.383 e. The van der Waals surface area contributed by atoms with Crippen LogP contribution in [0.5, 0.6) is 0 Å². The number of methoxy groups -OCH3 is 1. The molecule has 1 heterocycles. The van der Waals surface area contributed by atoms with Crippen LogP contribution in [0.1, 0.15) is 18.4 Å². The topological polar surface area (TPSA) is 38.5 Å². The Morgan fingerprint density at radius 1 is 1.59 bits per heavy atom. The summed E-state index contributed by atoms with van der Waals surface area (Å²) in [7, 11) is 3.94. The van der Waals surface area contributed by atoms with E-state index in [-0.39, 0.29) is 5.54 Å². The second kappa shape index (κ2) is 5.48. The van der Waals surface area contributed by atoms with E-state index in [1.54, 1.807) is 18.4 Å². The van der Waals surface area contributed by atoms with E-state index in [0.717, 1.165) is 13.2 Å². The SMILES string of the molecule is COCC(CN)(C1CC1)N(C)Cc1ccsc1. The first-order valence-corrected chi connectivity index (χ1v) is 7.08. The molecule has 96 valence electrons. The fraction of sp³-hybridized carbons (Fsp3) is 0.692. The van der Waals surface area contributed by atoms with E-state index in [9.17, 15) is 0 Å². The summed E-state index contributed by atoms with van der Waals surface area (Å²) >= 11 is 1.75. The van der Waals surface area contributed by atoms with Crippen LogP contribution in [-0.4, -0.2) is 37.7 Å². The van der Waals surface area contributed by atoms with Gasteiger partial charge >= 0.3 is 0 Å². The van der Waals surface area contributed by atoms with Crippen molar-refractivity contribution in [2.75, 3.05) is 27.3 Å². The standard InChI is InChI=1S/C13H22N2OS/c1-15(7-11-5-6-17-8-11)13(9-14,10-16-2)12-3-4-12/h5-6,8,12H,3-4,7,9-10,14H2,1-2H3. The van der Waals surface area contributed by atoms with E-state index in [4.69, 9.17) is 10.5 Å². The summed E-state index contributed by atoms with van der Waals surface area (Å²) in [6, 6.07) is 2.18. The van der Waals surface area contributed by atoms with Gasteiger partial charge in [-0.1, -0.05) is 0 Å². The van der Waals surface area contributed by atoms with Gasteiger partial charge in [0.05, 0.1) is 12.1 Å². The first kappa shape index (κ1) is 13.0. The highest BCUT2D eigenvalue weighted by Gasteiger charge is 2.47. The van der Waals surface area contributed by atoms with Gasteiger partial charge in [0.15, 0.2) is 0 Å². The minimum absolute atomic E-state index is 0.0245. The van der Waals surface area contributed by atoms with E-state index in [1.807, 2.05) is 0 Å². The maximum Gasteiger partial charge on any atom is 0.0661 e. The Kier molecular flexibility index (Phi) is 4.20. The van der Waals surface area contributed by atoms with Gasteiger partial charge in [-0.25, -0.2) is 0 Å². The van der Waals surface area contributed by atoms with Crippen LogP contribution < -0.4 is 5.73 Å². The highest BCUT2D eigenvalue weighted by Crippen LogP contribution is 2.43. The molecule has 17 heavy (non-hydrogen) atoms. The Morgan fingerprint density at radius 3 is 2.82 bits per heavy atom. The lowest BCUT2D eigenvalue weighted by atomic mass is 9.92. The van der Waals surface area contributed by atoms with Crippen molar-refractivity contribution in [3.8, 4) is 0 Å². The van der Waals surface area contributed by atoms with Gasteiger partial charge in [0.25, 0.3) is 0 Å². The van der Waals surface area contributed by atoms with Crippen molar-refractivity contribution >= 4 is 11.3 Å². The third kappa shape index (κ3) is 2.71. The molecule has 0 aromatic carbocycles. The molecule has 0 amide bonds. The molecule has 1 aromatic heterocycles. The van der Waals surface area contributed by atoms with Crippen molar-refractivity contribution in [1.82, 2.24) is 4.90 Å². The number of hydrogen-bond acceptors (Lipinski definition) is 4. The lowest BCUT2D eigenvalue weighted by Crippen LogP contribution is -2.56. The molecule has 2 rings (SSSR count). The van der Waals surface area contributed by atoms with Gasteiger partial charge in [0.1, 0.15) is 0 Å². The maximum absolute atomic E-state index is 6.05. The van der Waals surface area contributed by atoms with Crippen LogP contribution in [-0.2, 0) is 11.3 Å². The maximum atomic E-state index is 6.05. The number of likely N-dealkylation sites (N-methyl/N-ethyl adjacent to an activating group) is 1. The number of rotatable bonds is 7. The van der Waals surface area contributed by atoms with Crippen molar-refractivity contribution in [2.45, 2.75) is 24.9 Å². The summed E-state index contributed by atoms with van der Waals surface area (Å²) in [5, 5.41) is 4.33. The molecule has 0 aliphatic heterocycles. The van der Waals surface area contributed by atoms with Crippen molar-refractivity contribution in [3.05, 3.63) is 22.4 Å². The third-order valence-electron chi connectivity index (χ3n) is 3.85. The molecular weight excluding hydrogens is 232 g/mol. The summed E-state index contributed by atoms with van der Waals surface area (Å²) < 4.78 is 5.42. The highest BCUT2D eigenvalue weighted by atomic mass is 32.1. The molecule has 0 radical (unpaired) electrons. The van der Waals surface area contributed by atoms with Crippen LogP contribution in [0.4, 0.5) is 0 Å². The van der Waals surface area contributed by atoms with Crippen molar-refractivity contribution in [2.24, 2.45) is 11.7 Å². The monoisotopic (exact) mass is 254 g/mol. The molecule has 1 unspecified atom stereocenters. The first-order valence-electron chi connectivity index (χ1n) is 6.14. The number of nitrogens with two attached hydrogens (primary N) is 1. The van der Waals surface area contributed by atoms with E-state index >= 15 is 0 Å². The van der Waals surface area contributed by atoms with Gasteiger partial charge in [-0.2, -0.15) is 11.3 Å². The van der Waals surface area contributed by atoms with E-state index < -0.39 is 0 Å². The summed E-state index contributed by atoms with van der Waals surface area (Å²) in [4.78, 5) is 2.39. The molecule has 1 atom stereocenters. The quantitative estimate of drug-likeness (QED) is 0.808. The minimum Gasteiger partial charge on any atom is -0.383 e. The lowest BCUT2D eigenvalue weighted by Gasteiger charge is -2.41. The van der Waals surface area contributed by atoms with Crippen LogP contribution in [0.25, 0.3) is 0 Å². The summed E-state index contributed by atoms with van der Waals surface area (Å²) in [6.07, 6.45) is 2.57. The van der Waals surface area contributed by atoms with Gasteiger partial charge in [-0.15, -0.1) is 0 Å². The molecule has 1 saturated carbocycles. The van der Waals surface area contributed by atoms with Gasteiger partial charge in [-0.05, 0) is 48.2 Å². The summed E-state index contributed by atoms with van der Waals surface area (Å²) in [6.45, 7) is 2.36. The molecule has 4 heteroatoms. The fourth-order valence-electron chi connectivity index (χ4n) is 2.61. The second-order valence-corrected chi connectivity index (χ2v) is 5.78. The Balaban J connectivity index is 2.08. The van der Waals surface area contributed by atoms with Crippen LogP contribution in [0.15, 0.2) is 16.8 Å². The van der Waals surface area contributed by atoms with Gasteiger partial charge in [0, 0.05) is 20.2 Å². The molecular formula is C13H22N2OS. The van der Waals surface area contributed by atoms with Crippen LogP contribution in [0.2, 0.25) is 0 Å². The highest BCUT2D eigenvalue weighted by molar-refractivity contribution is 7.07. The first-order chi connectivity index (χ1) is 8.23. The molecule has 0 saturated heterocycles. The number of thiophene rings is 1. The average molecular weight is 254 g/mol. The third-order valence-corrected chi connectivity index (χ3v) is 4.58. The summed E-state index contributed by atoms with van der Waals surface area (Å²) in [5.74, 6) is 0.705. The van der Waals surface area contributed by atoms with Crippen LogP contribution in [0.3, 0.4) is 0 Å². The molecule has 0 spiro atoms. The zero-order valence-corrected chi connectivity index (χ0v) is 11.5. The predicted molar refractivity (Wildman–Crippen MR) is 72.2 cm³/mol. The zero-order valence-electron chi connectivity index (χ0n) is 10.7. The number of nitrogens with zero attached hydrogens (tertiary/aromatic N) is 1. The Bertz CT molecular complexity index is 337. The van der Waals surface area contributed by atoms with Crippen LogP contribution >= 0.6 is 11.3 Å². The van der Waals surface area contributed by atoms with Gasteiger partial charge in [0.2, 0.25) is 0 Å². The molecule has 2 N–H and O–H groups in total. The molecule has 1 fully saturated rings. The molecule has 0 bridgehead atoms. The smallest absolute Gasteiger partial charge is 0.0661 e.